The summed E-state index contributed by atoms with van der Waals surface area (Å²) >= 11 is 1.59. The number of nitrogens with zero attached hydrogens (tertiary/aromatic N) is 5. The first-order valence-corrected chi connectivity index (χ1v) is 10.6. The Morgan fingerprint density at radius 1 is 1.38 bits per heavy atom. The summed E-state index contributed by atoms with van der Waals surface area (Å²) in [6.07, 6.45) is 4.02. The number of aryl methyl sites for hydroxylation is 1. The summed E-state index contributed by atoms with van der Waals surface area (Å²) in [5.74, 6) is 1.40. The molecule has 0 aliphatic carbocycles. The maximum atomic E-state index is 12.8. The average molecular weight is 414 g/mol. The predicted octanol–water partition coefficient (Wildman–Crippen LogP) is 2.45. The zero-order valence-electron chi connectivity index (χ0n) is 16.5. The van der Waals surface area contributed by atoms with Crippen molar-refractivity contribution in [1.29, 1.82) is 0 Å². The predicted molar refractivity (Wildman–Crippen MR) is 109 cm³/mol. The van der Waals surface area contributed by atoms with E-state index in [1.807, 2.05) is 21.7 Å². The Morgan fingerprint density at radius 2 is 2.24 bits per heavy atom. The third kappa shape index (κ3) is 4.29. The Bertz CT molecular complexity index is 1060. The number of likely N-dealkylation sites (tertiary alicyclic amines) is 1. The quantitative estimate of drug-likeness (QED) is 0.638. The molecule has 3 aromatic heterocycles. The van der Waals surface area contributed by atoms with Gasteiger partial charge in [0.15, 0.2) is 0 Å². The lowest BCUT2D eigenvalue weighted by Crippen LogP contribution is -2.43. The first-order valence-electron chi connectivity index (χ1n) is 9.67. The molecule has 1 saturated heterocycles. The summed E-state index contributed by atoms with van der Waals surface area (Å²) in [6.45, 7) is 4.87. The van der Waals surface area contributed by atoms with E-state index in [1.165, 1.54) is 10.9 Å². The number of carbonyl (C=O) groups is 1. The van der Waals surface area contributed by atoms with Gasteiger partial charge < -0.3 is 9.42 Å². The van der Waals surface area contributed by atoms with Gasteiger partial charge in [0.2, 0.25) is 17.6 Å². The van der Waals surface area contributed by atoms with E-state index in [0.29, 0.717) is 42.5 Å². The van der Waals surface area contributed by atoms with Crippen LogP contribution in [0.4, 0.5) is 0 Å². The van der Waals surface area contributed by atoms with Crippen LogP contribution < -0.4 is 5.56 Å². The van der Waals surface area contributed by atoms with E-state index in [2.05, 4.69) is 15.1 Å². The van der Waals surface area contributed by atoms with Crippen LogP contribution in [0.25, 0.3) is 11.4 Å². The van der Waals surface area contributed by atoms with Crippen LogP contribution in [0.15, 0.2) is 32.5 Å². The van der Waals surface area contributed by atoms with Gasteiger partial charge in [0.1, 0.15) is 6.54 Å². The lowest BCUT2D eigenvalue weighted by atomic mass is 9.94. The van der Waals surface area contributed by atoms with Crippen LogP contribution in [0, 0.1) is 19.8 Å². The molecule has 0 N–H and O–H groups in total. The molecule has 0 spiro atoms. The topological polar surface area (TPSA) is 94.1 Å². The minimum Gasteiger partial charge on any atom is -0.341 e. The van der Waals surface area contributed by atoms with Crippen LogP contribution in [0.3, 0.4) is 0 Å². The molecule has 1 atom stereocenters. The van der Waals surface area contributed by atoms with Crippen LogP contribution in [0.2, 0.25) is 0 Å². The Hall–Kier alpha value is -2.81. The molecule has 0 bridgehead atoms. The molecule has 4 heterocycles. The number of hydrogen-bond donors (Lipinski definition) is 0. The molecule has 0 unspecified atom stereocenters. The van der Waals surface area contributed by atoms with Crippen molar-refractivity contribution in [3.05, 3.63) is 50.7 Å². The van der Waals surface area contributed by atoms with E-state index in [0.717, 1.165) is 18.4 Å². The van der Waals surface area contributed by atoms with Crippen molar-refractivity contribution < 1.29 is 9.32 Å². The van der Waals surface area contributed by atoms with Crippen molar-refractivity contribution in [1.82, 2.24) is 24.6 Å². The second-order valence-corrected chi connectivity index (χ2v) is 8.24. The van der Waals surface area contributed by atoms with Gasteiger partial charge in [-0.3, -0.25) is 14.2 Å². The fraction of sp³-hybridized carbons (Fsp3) is 0.450. The van der Waals surface area contributed by atoms with Crippen LogP contribution in [0.5, 0.6) is 0 Å². The Balaban J connectivity index is 1.39. The van der Waals surface area contributed by atoms with Gasteiger partial charge in [-0.25, -0.2) is 4.98 Å². The molecule has 1 fully saturated rings. The number of thiophene rings is 1. The number of piperidine rings is 1. The van der Waals surface area contributed by atoms with Gasteiger partial charge in [0.05, 0.1) is 6.33 Å². The molecule has 4 rings (SSSR count). The Morgan fingerprint density at radius 3 is 3.03 bits per heavy atom. The van der Waals surface area contributed by atoms with Gasteiger partial charge in [-0.15, -0.1) is 0 Å². The molecule has 152 valence electrons. The van der Waals surface area contributed by atoms with Gasteiger partial charge in [-0.2, -0.15) is 16.3 Å². The zero-order valence-corrected chi connectivity index (χ0v) is 17.3. The zero-order chi connectivity index (χ0) is 20.4. The molecule has 0 radical (unpaired) electrons. The molecule has 29 heavy (non-hydrogen) atoms. The molecule has 8 nitrogen and oxygen atoms in total. The number of rotatable bonds is 5. The molecule has 0 aromatic carbocycles. The van der Waals surface area contributed by atoms with Crippen molar-refractivity contribution in [2.24, 2.45) is 5.92 Å². The lowest BCUT2D eigenvalue weighted by molar-refractivity contribution is -0.133. The minimum atomic E-state index is -0.161. The molecule has 1 amide bonds. The smallest absolute Gasteiger partial charge is 0.256 e. The van der Waals surface area contributed by atoms with Crippen molar-refractivity contribution in [2.75, 3.05) is 13.1 Å². The van der Waals surface area contributed by atoms with E-state index in [1.54, 1.807) is 25.2 Å². The molecule has 1 aliphatic rings. The molecule has 1 aliphatic heterocycles. The molecule has 9 heteroatoms. The summed E-state index contributed by atoms with van der Waals surface area (Å²) in [5.41, 5.74) is 2.07. The third-order valence-electron chi connectivity index (χ3n) is 5.40. The van der Waals surface area contributed by atoms with Gasteiger partial charge >= 0.3 is 0 Å². The SMILES string of the molecule is Cc1ncn(CC(=O)N2CCC[C@H](Cc3nc(-c4ccsc4)no3)C2)c(=O)c1C. The molecular formula is C20H23N5O3S. The van der Waals surface area contributed by atoms with Crippen LogP contribution in [0.1, 0.15) is 30.0 Å². The number of hydrogen-bond acceptors (Lipinski definition) is 7. The van der Waals surface area contributed by atoms with Crippen molar-refractivity contribution in [3.63, 3.8) is 0 Å². The Labute approximate surface area is 172 Å². The van der Waals surface area contributed by atoms with Gasteiger partial charge in [-0.05, 0) is 44.1 Å². The summed E-state index contributed by atoms with van der Waals surface area (Å²) in [5, 5.41) is 8.02. The first kappa shape index (κ1) is 19.5. The maximum absolute atomic E-state index is 12.8. The summed E-state index contributed by atoms with van der Waals surface area (Å²) in [4.78, 5) is 35.6. The molecular weight excluding hydrogens is 390 g/mol. The van der Waals surface area contributed by atoms with Gasteiger partial charge in [-0.1, -0.05) is 5.16 Å². The summed E-state index contributed by atoms with van der Waals surface area (Å²) < 4.78 is 6.80. The van der Waals surface area contributed by atoms with E-state index in [9.17, 15) is 9.59 Å². The first-order chi connectivity index (χ1) is 14.0. The van der Waals surface area contributed by atoms with Gasteiger partial charge in [0, 0.05) is 41.7 Å². The number of aromatic nitrogens is 4. The maximum Gasteiger partial charge on any atom is 0.256 e. The molecule has 0 saturated carbocycles. The van der Waals surface area contributed by atoms with Crippen molar-refractivity contribution in [3.8, 4) is 11.4 Å². The second-order valence-electron chi connectivity index (χ2n) is 7.46. The van der Waals surface area contributed by atoms with Crippen molar-refractivity contribution >= 4 is 17.2 Å². The number of carbonyl (C=O) groups excluding carboxylic acids is 1. The number of amides is 1. The highest BCUT2D eigenvalue weighted by molar-refractivity contribution is 7.08. The standard InChI is InChI=1S/C20H23N5O3S/c1-13-14(2)21-12-25(20(13)27)10-18(26)24-6-3-4-15(9-24)8-17-22-19(23-28-17)16-5-7-29-11-16/h5,7,11-12,15H,3-4,6,8-10H2,1-2H3/t15-/m1/s1. The summed E-state index contributed by atoms with van der Waals surface area (Å²) in [6, 6.07) is 1.96. The highest BCUT2D eigenvalue weighted by Gasteiger charge is 2.26. The van der Waals surface area contributed by atoms with Crippen LogP contribution >= 0.6 is 11.3 Å². The third-order valence-corrected chi connectivity index (χ3v) is 6.09. The highest BCUT2D eigenvalue weighted by Crippen LogP contribution is 2.23. The summed E-state index contributed by atoms with van der Waals surface area (Å²) in [7, 11) is 0. The van der Waals surface area contributed by atoms with Crippen molar-refractivity contribution in [2.45, 2.75) is 39.7 Å². The second kappa shape index (κ2) is 8.28. The van der Waals surface area contributed by atoms with E-state index in [-0.39, 0.29) is 23.9 Å². The normalized spacial score (nSPS) is 16.9. The van der Waals surface area contributed by atoms with Gasteiger partial charge in [0.25, 0.3) is 5.56 Å². The lowest BCUT2D eigenvalue weighted by Gasteiger charge is -2.32. The average Bonchev–Trinajstić information content (AvgIpc) is 3.40. The fourth-order valence-electron chi connectivity index (χ4n) is 3.59. The fourth-order valence-corrected chi connectivity index (χ4v) is 4.22. The highest BCUT2D eigenvalue weighted by atomic mass is 32.1. The van der Waals surface area contributed by atoms with E-state index >= 15 is 0 Å². The largest absolute Gasteiger partial charge is 0.341 e. The molecule has 3 aromatic rings. The van der Waals surface area contributed by atoms with Crippen LogP contribution in [-0.2, 0) is 17.8 Å². The Kier molecular flexibility index (Phi) is 5.57. The van der Waals surface area contributed by atoms with Crippen LogP contribution in [-0.4, -0.2) is 43.6 Å². The monoisotopic (exact) mass is 413 g/mol. The van der Waals surface area contributed by atoms with E-state index < -0.39 is 0 Å². The van der Waals surface area contributed by atoms with E-state index in [4.69, 9.17) is 4.52 Å². The minimum absolute atomic E-state index is 0.0164.